The summed E-state index contributed by atoms with van der Waals surface area (Å²) in [5.41, 5.74) is 3.17. The molecule has 1 aromatic rings. The fourth-order valence-corrected chi connectivity index (χ4v) is 3.14. The Kier molecular flexibility index (Phi) is 5.35. The van der Waals surface area contributed by atoms with Crippen LogP contribution in [-0.2, 0) is 11.2 Å². The highest BCUT2D eigenvalue weighted by molar-refractivity contribution is 5.68. The molecule has 1 aliphatic heterocycles. The zero-order chi connectivity index (χ0) is 17.2. The van der Waals surface area contributed by atoms with Crippen molar-refractivity contribution in [3.63, 3.8) is 0 Å². The molecule has 1 N–H and O–H groups in total. The molecule has 0 spiro atoms. The molecule has 4 heteroatoms. The molecule has 0 aromatic heterocycles. The second-order valence-electron chi connectivity index (χ2n) is 7.62. The minimum atomic E-state index is -0.480. The number of likely N-dealkylation sites (tertiary alicyclic amines) is 1. The van der Waals surface area contributed by atoms with Gasteiger partial charge in [-0.25, -0.2) is 4.79 Å². The van der Waals surface area contributed by atoms with Crippen molar-refractivity contribution in [3.05, 3.63) is 34.9 Å². The van der Waals surface area contributed by atoms with Gasteiger partial charge in [-0.1, -0.05) is 18.2 Å². The maximum atomic E-state index is 12.1. The number of amides is 1. The minimum Gasteiger partial charge on any atom is -0.444 e. The first kappa shape index (κ1) is 17.8. The van der Waals surface area contributed by atoms with E-state index >= 15 is 0 Å². The van der Waals surface area contributed by atoms with Gasteiger partial charge in [0.2, 0.25) is 0 Å². The summed E-state index contributed by atoms with van der Waals surface area (Å²) in [4.78, 5) is 13.8. The Morgan fingerprint density at radius 1 is 1.35 bits per heavy atom. The van der Waals surface area contributed by atoms with E-state index in [0.717, 1.165) is 6.42 Å². The summed E-state index contributed by atoms with van der Waals surface area (Å²) in [5, 5.41) is 10.6. The van der Waals surface area contributed by atoms with Crippen LogP contribution in [0.2, 0.25) is 0 Å². The minimum absolute atomic E-state index is 0.113. The number of benzene rings is 1. The third-order valence-corrected chi connectivity index (χ3v) is 4.48. The van der Waals surface area contributed by atoms with E-state index in [0.29, 0.717) is 19.5 Å². The number of hydrogen-bond acceptors (Lipinski definition) is 3. The first-order valence-corrected chi connectivity index (χ1v) is 8.38. The maximum Gasteiger partial charge on any atom is 0.410 e. The standard InChI is InChI=1S/C19H29NO3/c1-13-7-6-8-14(2)16(13)11-17(21)15-9-10-20(12-15)18(22)23-19(3,4)5/h6-8,15,17,21H,9-12H2,1-5H3. The molecule has 0 saturated carbocycles. The fraction of sp³-hybridized carbons (Fsp3) is 0.632. The number of aliphatic hydroxyl groups is 1. The summed E-state index contributed by atoms with van der Waals surface area (Å²) in [6.07, 6.45) is 0.762. The quantitative estimate of drug-likeness (QED) is 0.928. The topological polar surface area (TPSA) is 49.8 Å². The zero-order valence-corrected chi connectivity index (χ0v) is 14.9. The van der Waals surface area contributed by atoms with Crippen LogP contribution >= 0.6 is 0 Å². The van der Waals surface area contributed by atoms with Gasteiger partial charge in [0.15, 0.2) is 0 Å². The Balaban J connectivity index is 1.95. The van der Waals surface area contributed by atoms with E-state index < -0.39 is 11.7 Å². The van der Waals surface area contributed by atoms with Crippen LogP contribution in [-0.4, -0.2) is 40.9 Å². The van der Waals surface area contributed by atoms with Gasteiger partial charge in [-0.15, -0.1) is 0 Å². The normalized spacial score (nSPS) is 19.7. The Labute approximate surface area is 139 Å². The highest BCUT2D eigenvalue weighted by Crippen LogP contribution is 2.25. The smallest absolute Gasteiger partial charge is 0.410 e. The molecule has 1 saturated heterocycles. The van der Waals surface area contributed by atoms with Gasteiger partial charge in [0.25, 0.3) is 0 Å². The van der Waals surface area contributed by atoms with E-state index in [1.807, 2.05) is 26.8 Å². The molecular formula is C19H29NO3. The van der Waals surface area contributed by atoms with Gasteiger partial charge >= 0.3 is 6.09 Å². The van der Waals surface area contributed by atoms with Gasteiger partial charge in [-0.3, -0.25) is 0 Å². The van der Waals surface area contributed by atoms with Gasteiger partial charge in [-0.05, 0) is 64.2 Å². The first-order valence-electron chi connectivity index (χ1n) is 8.38. The lowest BCUT2D eigenvalue weighted by molar-refractivity contribution is 0.0269. The molecule has 1 heterocycles. The Morgan fingerprint density at radius 2 is 1.96 bits per heavy atom. The molecule has 23 heavy (non-hydrogen) atoms. The Hall–Kier alpha value is -1.55. The molecule has 0 radical (unpaired) electrons. The van der Waals surface area contributed by atoms with Crippen molar-refractivity contribution in [2.24, 2.45) is 5.92 Å². The zero-order valence-electron chi connectivity index (χ0n) is 14.9. The predicted octanol–water partition coefficient (Wildman–Crippen LogP) is 3.46. The van der Waals surface area contributed by atoms with E-state index in [-0.39, 0.29) is 12.0 Å². The van der Waals surface area contributed by atoms with E-state index in [1.54, 1.807) is 4.90 Å². The van der Waals surface area contributed by atoms with Crippen LogP contribution in [0.5, 0.6) is 0 Å². The predicted molar refractivity (Wildman–Crippen MR) is 91.5 cm³/mol. The van der Waals surface area contributed by atoms with Crippen LogP contribution in [0, 0.1) is 19.8 Å². The lowest BCUT2D eigenvalue weighted by atomic mass is 9.91. The van der Waals surface area contributed by atoms with E-state index in [4.69, 9.17) is 4.74 Å². The van der Waals surface area contributed by atoms with Crippen molar-refractivity contribution in [1.82, 2.24) is 4.90 Å². The second kappa shape index (κ2) is 6.91. The molecule has 1 amide bonds. The largest absolute Gasteiger partial charge is 0.444 e. The first-order chi connectivity index (χ1) is 10.7. The van der Waals surface area contributed by atoms with Crippen molar-refractivity contribution in [1.29, 1.82) is 0 Å². The third-order valence-electron chi connectivity index (χ3n) is 4.48. The monoisotopic (exact) mass is 319 g/mol. The Morgan fingerprint density at radius 3 is 2.52 bits per heavy atom. The average Bonchev–Trinajstić information content (AvgIpc) is 2.91. The number of ether oxygens (including phenoxy) is 1. The molecule has 0 aliphatic carbocycles. The molecule has 1 fully saturated rings. The highest BCUT2D eigenvalue weighted by Gasteiger charge is 2.33. The summed E-state index contributed by atoms with van der Waals surface area (Å²) in [5.74, 6) is 0.113. The van der Waals surface area contributed by atoms with Gasteiger partial charge in [0.05, 0.1) is 6.10 Å². The van der Waals surface area contributed by atoms with Crippen molar-refractivity contribution in [3.8, 4) is 0 Å². The van der Waals surface area contributed by atoms with Gasteiger partial charge in [-0.2, -0.15) is 0 Å². The van der Waals surface area contributed by atoms with Crippen molar-refractivity contribution in [2.45, 2.75) is 59.2 Å². The van der Waals surface area contributed by atoms with E-state index in [2.05, 4.69) is 26.0 Å². The lowest BCUT2D eigenvalue weighted by Crippen LogP contribution is -2.36. The van der Waals surface area contributed by atoms with Crippen molar-refractivity contribution in [2.75, 3.05) is 13.1 Å². The SMILES string of the molecule is Cc1cccc(C)c1CC(O)C1CCN(C(=O)OC(C)(C)C)C1. The van der Waals surface area contributed by atoms with Crippen molar-refractivity contribution >= 4 is 6.09 Å². The highest BCUT2D eigenvalue weighted by atomic mass is 16.6. The number of aliphatic hydroxyl groups excluding tert-OH is 1. The Bertz CT molecular complexity index is 542. The van der Waals surface area contributed by atoms with Crippen molar-refractivity contribution < 1.29 is 14.6 Å². The van der Waals surface area contributed by atoms with Crippen LogP contribution < -0.4 is 0 Å². The van der Waals surface area contributed by atoms with E-state index in [9.17, 15) is 9.90 Å². The molecule has 1 aliphatic rings. The lowest BCUT2D eigenvalue weighted by Gasteiger charge is -2.25. The van der Waals surface area contributed by atoms with Crippen LogP contribution in [0.1, 0.15) is 43.9 Å². The van der Waals surface area contributed by atoms with Crippen LogP contribution in [0.3, 0.4) is 0 Å². The molecule has 0 bridgehead atoms. The number of nitrogens with zero attached hydrogens (tertiary/aromatic N) is 1. The maximum absolute atomic E-state index is 12.1. The summed E-state index contributed by atoms with van der Waals surface area (Å²) in [6, 6.07) is 6.20. The molecule has 1 aromatic carbocycles. The summed E-state index contributed by atoms with van der Waals surface area (Å²) in [7, 11) is 0. The number of carbonyl (C=O) groups is 1. The van der Waals surface area contributed by atoms with Gasteiger partial charge in [0, 0.05) is 19.0 Å². The van der Waals surface area contributed by atoms with Crippen LogP contribution in [0.25, 0.3) is 0 Å². The number of aryl methyl sites for hydroxylation is 2. The molecule has 2 atom stereocenters. The average molecular weight is 319 g/mol. The fourth-order valence-electron chi connectivity index (χ4n) is 3.14. The summed E-state index contributed by atoms with van der Waals surface area (Å²) >= 11 is 0. The molecule has 2 rings (SSSR count). The molecule has 4 nitrogen and oxygen atoms in total. The van der Waals surface area contributed by atoms with Gasteiger partial charge < -0.3 is 14.7 Å². The van der Waals surface area contributed by atoms with Gasteiger partial charge in [0.1, 0.15) is 5.60 Å². The summed E-state index contributed by atoms with van der Waals surface area (Å²) in [6.45, 7) is 11.0. The van der Waals surface area contributed by atoms with E-state index in [1.165, 1.54) is 16.7 Å². The van der Waals surface area contributed by atoms with Crippen LogP contribution in [0.15, 0.2) is 18.2 Å². The number of carbonyl (C=O) groups excluding carboxylic acids is 1. The molecule has 128 valence electrons. The molecular weight excluding hydrogens is 290 g/mol. The molecule has 2 unspecified atom stereocenters. The number of rotatable bonds is 3. The van der Waals surface area contributed by atoms with Crippen LogP contribution in [0.4, 0.5) is 4.79 Å². The number of hydrogen-bond donors (Lipinski definition) is 1. The summed E-state index contributed by atoms with van der Waals surface area (Å²) < 4.78 is 5.41. The second-order valence-corrected chi connectivity index (χ2v) is 7.62. The third kappa shape index (κ3) is 4.71.